The number of rotatable bonds is 2. The quantitative estimate of drug-likeness (QED) is 0.814. The first-order valence-electron chi connectivity index (χ1n) is 6.23. The van der Waals surface area contributed by atoms with E-state index in [2.05, 4.69) is 0 Å². The number of sulfonamides is 1. The number of carbonyl (C=O) groups is 1. The molecule has 6 nitrogen and oxygen atoms in total. The Morgan fingerprint density at radius 2 is 1.86 bits per heavy atom. The van der Waals surface area contributed by atoms with Crippen molar-refractivity contribution in [3.63, 3.8) is 0 Å². The lowest BCUT2D eigenvalue weighted by Crippen LogP contribution is -2.49. The minimum atomic E-state index is -3.86. The average molecular weight is 336 g/mol. The minimum Gasteiger partial charge on any atom is -0.396 e. The Morgan fingerprint density at radius 3 is 2.38 bits per heavy atom. The van der Waals surface area contributed by atoms with Gasteiger partial charge in [0, 0.05) is 33.1 Å². The monoisotopic (exact) mass is 335 g/mol. The summed E-state index contributed by atoms with van der Waals surface area (Å²) in [5.41, 5.74) is 5.13. The molecule has 0 radical (unpaired) electrons. The smallest absolute Gasteiger partial charge is 0.244 e. The number of hydrogen-bond donors (Lipinski definition) is 1. The first kappa shape index (κ1) is 16.0. The zero-order valence-electron chi connectivity index (χ0n) is 11.3. The van der Waals surface area contributed by atoms with E-state index in [-0.39, 0.29) is 34.6 Å². The van der Waals surface area contributed by atoms with Crippen LogP contribution in [-0.2, 0) is 14.8 Å². The van der Waals surface area contributed by atoms with Crippen molar-refractivity contribution in [1.82, 2.24) is 9.21 Å². The van der Waals surface area contributed by atoms with Crippen LogP contribution >= 0.6 is 11.6 Å². The van der Waals surface area contributed by atoms with Gasteiger partial charge in [-0.15, -0.1) is 0 Å². The maximum Gasteiger partial charge on any atom is 0.244 e. The molecule has 1 amide bonds. The number of nitrogen functional groups attached to an aromatic ring is 1. The second-order valence-corrected chi connectivity index (χ2v) is 7.03. The second-order valence-electron chi connectivity index (χ2n) is 4.71. The van der Waals surface area contributed by atoms with Gasteiger partial charge in [-0.1, -0.05) is 11.6 Å². The normalized spacial score (nSPS) is 17.0. The molecule has 1 heterocycles. The topological polar surface area (TPSA) is 83.7 Å². The van der Waals surface area contributed by atoms with Gasteiger partial charge in [0.2, 0.25) is 15.9 Å². The van der Waals surface area contributed by atoms with E-state index in [1.807, 2.05) is 0 Å². The van der Waals surface area contributed by atoms with Crippen molar-refractivity contribution in [1.29, 1.82) is 0 Å². The van der Waals surface area contributed by atoms with Crippen molar-refractivity contribution in [3.8, 4) is 0 Å². The molecular weight excluding hydrogens is 321 g/mol. The number of halogens is 2. The van der Waals surface area contributed by atoms with E-state index in [0.717, 1.165) is 12.1 Å². The summed E-state index contributed by atoms with van der Waals surface area (Å²) in [6, 6.07) is 1.90. The van der Waals surface area contributed by atoms with Crippen molar-refractivity contribution in [2.75, 3.05) is 31.9 Å². The van der Waals surface area contributed by atoms with Crippen LogP contribution in [0.2, 0.25) is 5.02 Å². The fourth-order valence-electron chi connectivity index (χ4n) is 2.12. The maximum atomic E-state index is 13.3. The lowest BCUT2D eigenvalue weighted by Gasteiger charge is -2.33. The Hall–Kier alpha value is -1.38. The van der Waals surface area contributed by atoms with Gasteiger partial charge in [-0.25, -0.2) is 12.8 Å². The summed E-state index contributed by atoms with van der Waals surface area (Å²) in [6.45, 7) is 2.37. The number of nitrogens with zero attached hydrogens (tertiary/aromatic N) is 2. The highest BCUT2D eigenvalue weighted by Gasteiger charge is 2.31. The summed E-state index contributed by atoms with van der Waals surface area (Å²) in [6.07, 6.45) is 0. The highest BCUT2D eigenvalue weighted by atomic mass is 35.5. The van der Waals surface area contributed by atoms with E-state index >= 15 is 0 Å². The zero-order valence-corrected chi connectivity index (χ0v) is 12.9. The number of carbonyl (C=O) groups excluding carboxylic acids is 1. The van der Waals surface area contributed by atoms with Crippen LogP contribution in [0.5, 0.6) is 0 Å². The van der Waals surface area contributed by atoms with Crippen LogP contribution < -0.4 is 5.73 Å². The molecule has 0 spiro atoms. The van der Waals surface area contributed by atoms with Gasteiger partial charge in [-0.05, 0) is 12.1 Å². The fraction of sp³-hybridized carbons (Fsp3) is 0.417. The lowest BCUT2D eigenvalue weighted by molar-refractivity contribution is -0.129. The lowest BCUT2D eigenvalue weighted by atomic mass is 10.3. The third-order valence-corrected chi connectivity index (χ3v) is 5.72. The van der Waals surface area contributed by atoms with Crippen LogP contribution in [0.1, 0.15) is 6.92 Å². The van der Waals surface area contributed by atoms with E-state index in [4.69, 9.17) is 17.3 Å². The predicted molar refractivity (Wildman–Crippen MR) is 76.8 cm³/mol. The summed E-state index contributed by atoms with van der Waals surface area (Å²) < 4.78 is 39.5. The number of anilines is 1. The molecule has 0 aliphatic carbocycles. The summed E-state index contributed by atoms with van der Waals surface area (Å²) in [5, 5.41) is -0.212. The molecule has 2 rings (SSSR count). The van der Waals surface area contributed by atoms with Crippen LogP contribution in [0.3, 0.4) is 0 Å². The average Bonchev–Trinajstić information content (AvgIpc) is 2.42. The van der Waals surface area contributed by atoms with E-state index < -0.39 is 15.8 Å². The predicted octanol–water partition coefficient (Wildman–Crippen LogP) is 0.914. The Kier molecular flexibility index (Phi) is 4.40. The van der Waals surface area contributed by atoms with Gasteiger partial charge in [-0.3, -0.25) is 4.79 Å². The van der Waals surface area contributed by atoms with Gasteiger partial charge in [0.15, 0.2) is 0 Å². The molecule has 1 aromatic carbocycles. The number of piperazine rings is 1. The molecule has 1 aliphatic rings. The molecule has 9 heteroatoms. The van der Waals surface area contributed by atoms with E-state index in [1.165, 1.54) is 11.2 Å². The van der Waals surface area contributed by atoms with E-state index in [1.54, 1.807) is 4.90 Å². The zero-order chi connectivity index (χ0) is 15.8. The SMILES string of the molecule is CC(=O)N1CCN(S(=O)(=O)c2cc(N)c(F)cc2Cl)CC1. The van der Waals surface area contributed by atoms with Crippen LogP contribution in [-0.4, -0.2) is 49.7 Å². The van der Waals surface area contributed by atoms with Crippen LogP contribution in [0, 0.1) is 5.82 Å². The van der Waals surface area contributed by atoms with Gasteiger partial charge in [0.1, 0.15) is 10.7 Å². The van der Waals surface area contributed by atoms with Gasteiger partial charge >= 0.3 is 0 Å². The molecule has 1 aliphatic heterocycles. The van der Waals surface area contributed by atoms with Crippen molar-refractivity contribution in [3.05, 3.63) is 23.0 Å². The molecule has 2 N–H and O–H groups in total. The molecule has 1 saturated heterocycles. The van der Waals surface area contributed by atoms with Crippen LogP contribution in [0.25, 0.3) is 0 Å². The summed E-state index contributed by atoms with van der Waals surface area (Å²) >= 11 is 5.82. The molecule has 1 aromatic rings. The number of amides is 1. The first-order valence-corrected chi connectivity index (χ1v) is 8.05. The molecule has 116 valence electrons. The highest BCUT2D eigenvalue weighted by molar-refractivity contribution is 7.89. The largest absolute Gasteiger partial charge is 0.396 e. The molecule has 0 unspecified atom stereocenters. The Labute approximate surface area is 127 Å². The number of nitrogens with two attached hydrogens (primary N) is 1. The maximum absolute atomic E-state index is 13.3. The third-order valence-electron chi connectivity index (χ3n) is 3.35. The molecule has 0 atom stereocenters. The second kappa shape index (κ2) is 5.78. The van der Waals surface area contributed by atoms with E-state index in [0.29, 0.717) is 13.1 Å². The van der Waals surface area contributed by atoms with Crippen molar-refractivity contribution < 1.29 is 17.6 Å². The molecule has 1 fully saturated rings. The third kappa shape index (κ3) is 3.12. The van der Waals surface area contributed by atoms with Gasteiger partial charge in [0.05, 0.1) is 10.7 Å². The molecule has 0 bridgehead atoms. The Bertz CT molecular complexity index is 673. The standard InChI is InChI=1S/C12H15ClFN3O3S/c1-8(18)16-2-4-17(5-3-16)21(19,20)12-7-11(15)10(14)6-9(12)13/h6-7H,2-5,15H2,1H3. The molecule has 21 heavy (non-hydrogen) atoms. The molecule has 0 aromatic heterocycles. The number of hydrogen-bond acceptors (Lipinski definition) is 4. The molecular formula is C12H15ClFN3O3S. The van der Waals surface area contributed by atoms with Gasteiger partial charge < -0.3 is 10.6 Å². The Balaban J connectivity index is 2.28. The first-order chi connectivity index (χ1) is 9.73. The minimum absolute atomic E-state index is 0.101. The summed E-state index contributed by atoms with van der Waals surface area (Å²) in [7, 11) is -3.86. The summed E-state index contributed by atoms with van der Waals surface area (Å²) in [5.74, 6) is -0.864. The van der Waals surface area contributed by atoms with Crippen LogP contribution in [0.4, 0.5) is 10.1 Å². The van der Waals surface area contributed by atoms with Gasteiger partial charge in [-0.2, -0.15) is 4.31 Å². The molecule has 0 saturated carbocycles. The Morgan fingerprint density at radius 1 is 1.29 bits per heavy atom. The van der Waals surface area contributed by atoms with Crippen LogP contribution in [0.15, 0.2) is 17.0 Å². The summed E-state index contributed by atoms with van der Waals surface area (Å²) in [4.78, 5) is 12.6. The fourth-order valence-corrected chi connectivity index (χ4v) is 4.07. The highest BCUT2D eigenvalue weighted by Crippen LogP contribution is 2.29. The number of benzene rings is 1. The van der Waals surface area contributed by atoms with Crippen molar-refractivity contribution >= 4 is 33.2 Å². The van der Waals surface area contributed by atoms with Crippen molar-refractivity contribution in [2.45, 2.75) is 11.8 Å². The van der Waals surface area contributed by atoms with Gasteiger partial charge in [0.25, 0.3) is 0 Å². The van der Waals surface area contributed by atoms with E-state index in [9.17, 15) is 17.6 Å². The van der Waals surface area contributed by atoms with Crippen molar-refractivity contribution in [2.24, 2.45) is 0 Å².